The van der Waals surface area contributed by atoms with Crippen LogP contribution in [0.2, 0.25) is 10.0 Å². The largest absolute Gasteiger partial charge is 0.491 e. The first-order valence-electron chi connectivity index (χ1n) is 13.2. The molecule has 2 aromatic heterocycles. The molecule has 0 saturated carbocycles. The molecular weight excluding hydrogens is 570 g/mol. The highest BCUT2D eigenvalue weighted by Gasteiger charge is 2.22. The fourth-order valence-electron chi connectivity index (χ4n) is 4.85. The Bertz CT molecular complexity index is 1610. The van der Waals surface area contributed by atoms with Crippen LogP contribution in [0.5, 0.6) is 5.75 Å². The van der Waals surface area contributed by atoms with E-state index in [2.05, 4.69) is 19.9 Å². The molecule has 0 spiro atoms. The molecule has 0 unspecified atom stereocenters. The first kappa shape index (κ1) is 27.7. The maximum absolute atomic E-state index is 13.2. The second-order valence-electron chi connectivity index (χ2n) is 9.97. The van der Waals surface area contributed by atoms with E-state index in [1.807, 2.05) is 6.07 Å². The van der Waals surface area contributed by atoms with E-state index in [4.69, 9.17) is 36.9 Å². The van der Waals surface area contributed by atoms with Gasteiger partial charge in [0.25, 0.3) is 0 Å². The van der Waals surface area contributed by atoms with E-state index in [9.17, 15) is 9.50 Å². The predicted molar refractivity (Wildman–Crippen MR) is 155 cm³/mol. The lowest BCUT2D eigenvalue weighted by Crippen LogP contribution is -2.48. The summed E-state index contributed by atoms with van der Waals surface area (Å²) in [5.74, 6) is 1.42. The molecule has 11 heteroatoms. The lowest BCUT2D eigenvalue weighted by atomic mass is 10.1. The minimum Gasteiger partial charge on any atom is -0.491 e. The van der Waals surface area contributed by atoms with Gasteiger partial charge in [-0.15, -0.1) is 0 Å². The van der Waals surface area contributed by atoms with Crippen LogP contribution >= 0.6 is 23.2 Å². The average molecular weight is 597 g/mol. The van der Waals surface area contributed by atoms with E-state index in [0.29, 0.717) is 62.7 Å². The Balaban J connectivity index is 0.968. The normalized spacial score (nSPS) is 15.4. The zero-order valence-corrected chi connectivity index (χ0v) is 23.5. The molecular formula is C30H27Cl2FN4O4. The van der Waals surface area contributed by atoms with Gasteiger partial charge in [0.05, 0.1) is 16.6 Å². The van der Waals surface area contributed by atoms with Crippen molar-refractivity contribution in [2.45, 2.75) is 12.6 Å². The highest BCUT2D eigenvalue weighted by atomic mass is 35.5. The molecule has 41 heavy (non-hydrogen) atoms. The van der Waals surface area contributed by atoms with Crippen LogP contribution in [0.3, 0.4) is 0 Å². The quantitative estimate of drug-likeness (QED) is 0.217. The van der Waals surface area contributed by atoms with E-state index >= 15 is 0 Å². The fraction of sp³-hybridized carbons (Fsp3) is 0.267. The third-order valence-electron chi connectivity index (χ3n) is 6.98. The van der Waals surface area contributed by atoms with E-state index in [0.717, 1.165) is 31.9 Å². The first-order chi connectivity index (χ1) is 19.9. The van der Waals surface area contributed by atoms with Crippen LogP contribution < -0.4 is 4.74 Å². The van der Waals surface area contributed by atoms with Gasteiger partial charge in [-0.05, 0) is 48.5 Å². The molecule has 6 rings (SSSR count). The van der Waals surface area contributed by atoms with Crippen molar-refractivity contribution in [2.24, 2.45) is 0 Å². The summed E-state index contributed by atoms with van der Waals surface area (Å²) in [4.78, 5) is 8.99. The number of hydrogen-bond donors (Lipinski definition) is 1. The van der Waals surface area contributed by atoms with Gasteiger partial charge in [0, 0.05) is 56.0 Å². The molecule has 3 aromatic carbocycles. The Kier molecular flexibility index (Phi) is 8.23. The number of aliphatic hydroxyl groups is 1. The van der Waals surface area contributed by atoms with E-state index < -0.39 is 6.10 Å². The Labute approximate surface area is 245 Å². The number of benzene rings is 3. The van der Waals surface area contributed by atoms with Crippen molar-refractivity contribution in [2.75, 3.05) is 39.3 Å². The SMILES string of the molecule is O[C@@H](COc1ccc2oc(-c3ccc(F)cc3)nc2c1)CN1CCN(Cc2cc(-c3c(Cl)cccc3Cl)no2)CC1. The smallest absolute Gasteiger partial charge is 0.227 e. The lowest BCUT2D eigenvalue weighted by molar-refractivity contribution is 0.0430. The summed E-state index contributed by atoms with van der Waals surface area (Å²) in [6, 6.07) is 18.5. The Morgan fingerprint density at radius 1 is 0.951 bits per heavy atom. The third kappa shape index (κ3) is 6.55. The van der Waals surface area contributed by atoms with Crippen LogP contribution in [0.15, 0.2) is 75.7 Å². The molecule has 1 fully saturated rings. The maximum atomic E-state index is 13.2. The van der Waals surface area contributed by atoms with Crippen LogP contribution in [0.25, 0.3) is 33.8 Å². The standard InChI is InChI=1S/C30H27Cl2FN4O4/c31-24-2-1-3-25(32)29(24)27-15-23(41-35-27)17-37-12-10-36(11-13-37)16-21(38)18-39-22-8-9-28-26(14-22)34-30(40-28)19-4-6-20(33)7-5-19/h1-9,14-15,21,38H,10-13,16-18H2/t21-/m1/s1. The van der Waals surface area contributed by atoms with Crippen LogP contribution in [0.1, 0.15) is 5.76 Å². The molecule has 8 nitrogen and oxygen atoms in total. The topological polar surface area (TPSA) is 88.0 Å². The molecule has 0 amide bonds. The van der Waals surface area contributed by atoms with Gasteiger partial charge in [-0.1, -0.05) is 34.4 Å². The molecule has 3 heterocycles. The summed E-state index contributed by atoms with van der Waals surface area (Å²) < 4.78 is 30.4. The van der Waals surface area contributed by atoms with Crippen LogP contribution in [-0.4, -0.2) is 70.5 Å². The molecule has 1 aliphatic heterocycles. The van der Waals surface area contributed by atoms with Gasteiger partial charge in [-0.3, -0.25) is 9.80 Å². The van der Waals surface area contributed by atoms with Gasteiger partial charge in [-0.2, -0.15) is 0 Å². The minimum atomic E-state index is -0.651. The van der Waals surface area contributed by atoms with Crippen LogP contribution in [-0.2, 0) is 6.54 Å². The number of rotatable bonds is 9. The number of β-amino-alcohol motifs (C(OH)–C–C–N with tert-alkyl or cyclic N) is 1. The highest BCUT2D eigenvalue weighted by Crippen LogP contribution is 2.34. The van der Waals surface area contributed by atoms with E-state index in [1.165, 1.54) is 12.1 Å². The van der Waals surface area contributed by atoms with E-state index in [-0.39, 0.29) is 12.4 Å². The van der Waals surface area contributed by atoms with Crippen molar-refractivity contribution in [3.63, 3.8) is 0 Å². The lowest BCUT2D eigenvalue weighted by Gasteiger charge is -2.35. The van der Waals surface area contributed by atoms with Crippen LogP contribution in [0.4, 0.5) is 4.39 Å². The zero-order chi connectivity index (χ0) is 28.3. The van der Waals surface area contributed by atoms with Gasteiger partial charge >= 0.3 is 0 Å². The number of aromatic nitrogens is 2. The summed E-state index contributed by atoms with van der Waals surface area (Å²) in [6.45, 7) is 4.57. The highest BCUT2D eigenvalue weighted by molar-refractivity contribution is 6.39. The monoisotopic (exact) mass is 596 g/mol. The summed E-state index contributed by atoms with van der Waals surface area (Å²) in [6.07, 6.45) is -0.651. The van der Waals surface area contributed by atoms with Crippen molar-refractivity contribution in [1.29, 1.82) is 0 Å². The van der Waals surface area contributed by atoms with Gasteiger partial charge < -0.3 is 18.8 Å². The van der Waals surface area contributed by atoms with Gasteiger partial charge in [0.15, 0.2) is 11.3 Å². The number of aliphatic hydroxyl groups excluding tert-OH is 1. The average Bonchev–Trinajstić information content (AvgIpc) is 3.60. The molecule has 0 aliphatic carbocycles. The van der Waals surface area contributed by atoms with Gasteiger partial charge in [0.2, 0.25) is 5.89 Å². The summed E-state index contributed by atoms with van der Waals surface area (Å²) in [7, 11) is 0. The number of piperazine rings is 1. The van der Waals surface area contributed by atoms with Crippen molar-refractivity contribution in [1.82, 2.24) is 19.9 Å². The number of oxazole rings is 1. The maximum Gasteiger partial charge on any atom is 0.227 e. The molecule has 1 saturated heterocycles. The number of halogens is 3. The Hall–Kier alpha value is -3.47. The van der Waals surface area contributed by atoms with Gasteiger partial charge in [0.1, 0.15) is 35.5 Å². The molecule has 0 radical (unpaired) electrons. The second kappa shape index (κ2) is 12.2. The second-order valence-corrected chi connectivity index (χ2v) is 10.8. The predicted octanol–water partition coefficient (Wildman–Crippen LogP) is 6.15. The number of fused-ring (bicyclic) bond motifs is 1. The number of nitrogens with zero attached hydrogens (tertiary/aromatic N) is 4. The molecule has 1 aliphatic rings. The van der Waals surface area contributed by atoms with Gasteiger partial charge in [-0.25, -0.2) is 9.37 Å². The molecule has 0 bridgehead atoms. The zero-order valence-electron chi connectivity index (χ0n) is 22.0. The molecule has 1 N–H and O–H groups in total. The fourth-order valence-corrected chi connectivity index (χ4v) is 5.45. The van der Waals surface area contributed by atoms with Crippen molar-refractivity contribution < 1.29 is 23.2 Å². The molecule has 1 atom stereocenters. The summed E-state index contributed by atoms with van der Waals surface area (Å²) >= 11 is 12.6. The van der Waals surface area contributed by atoms with E-state index in [1.54, 1.807) is 48.5 Å². The number of hydrogen-bond acceptors (Lipinski definition) is 8. The van der Waals surface area contributed by atoms with Crippen LogP contribution in [0, 0.1) is 5.82 Å². The molecule has 212 valence electrons. The third-order valence-corrected chi connectivity index (χ3v) is 7.61. The number of ether oxygens (including phenoxy) is 1. The summed E-state index contributed by atoms with van der Waals surface area (Å²) in [5.41, 5.74) is 3.20. The van der Waals surface area contributed by atoms with Crippen molar-refractivity contribution >= 4 is 34.3 Å². The van der Waals surface area contributed by atoms with Crippen molar-refractivity contribution in [3.05, 3.63) is 88.4 Å². The minimum absolute atomic E-state index is 0.153. The summed E-state index contributed by atoms with van der Waals surface area (Å²) in [5, 5.41) is 15.8. The molecule has 5 aromatic rings. The first-order valence-corrected chi connectivity index (χ1v) is 14.0. The Morgan fingerprint density at radius 2 is 1.68 bits per heavy atom. The van der Waals surface area contributed by atoms with Crippen molar-refractivity contribution in [3.8, 4) is 28.5 Å². The Morgan fingerprint density at radius 3 is 2.44 bits per heavy atom.